The molecule has 1 saturated carbocycles. The molecule has 0 radical (unpaired) electrons. The summed E-state index contributed by atoms with van der Waals surface area (Å²) in [5.41, 5.74) is 1.76. The van der Waals surface area contributed by atoms with Gasteiger partial charge in [-0.15, -0.1) is 0 Å². The van der Waals surface area contributed by atoms with Gasteiger partial charge in [0.1, 0.15) is 11.8 Å². The Hall–Kier alpha value is -2.11. The molecule has 2 atom stereocenters. The molecule has 0 spiro atoms. The van der Waals surface area contributed by atoms with Gasteiger partial charge in [0, 0.05) is 6.54 Å². The average molecular weight is 358 g/mol. The zero-order valence-corrected chi connectivity index (χ0v) is 14.5. The van der Waals surface area contributed by atoms with Crippen LogP contribution in [0.4, 0.5) is 4.79 Å². The van der Waals surface area contributed by atoms with Crippen LogP contribution in [0, 0.1) is 11.8 Å². The van der Waals surface area contributed by atoms with Gasteiger partial charge in [-0.05, 0) is 42.6 Å². The van der Waals surface area contributed by atoms with Crippen LogP contribution in [0.3, 0.4) is 0 Å². The number of pyridine rings is 1. The maximum absolute atomic E-state index is 12.1. The second-order valence-electron chi connectivity index (χ2n) is 6.67. The Labute approximate surface area is 151 Å². The van der Waals surface area contributed by atoms with Crippen molar-refractivity contribution in [3.63, 3.8) is 0 Å². The Morgan fingerprint density at radius 2 is 1.96 bits per heavy atom. The summed E-state index contributed by atoms with van der Waals surface area (Å²) in [7, 11) is 0. The van der Waals surface area contributed by atoms with Crippen LogP contribution in [-0.4, -0.2) is 30.8 Å². The number of piperidine rings is 1. The maximum atomic E-state index is 12.1. The number of ether oxygens (including phenoxy) is 1. The largest absolute Gasteiger partial charge is 0.449 e. The smallest absolute Gasteiger partial charge is 0.407 e. The SMILES string of the molecule is O=C(NCc1ccccc1)OCC1(c2cccc(Cl)n2)C2CNCC21. The lowest BCUT2D eigenvalue weighted by Crippen LogP contribution is -2.34. The number of hydrogen-bond acceptors (Lipinski definition) is 4. The highest BCUT2D eigenvalue weighted by Crippen LogP contribution is 2.61. The Morgan fingerprint density at radius 3 is 2.68 bits per heavy atom. The van der Waals surface area contributed by atoms with Gasteiger partial charge in [-0.2, -0.15) is 0 Å². The number of hydrogen-bond donors (Lipinski definition) is 2. The van der Waals surface area contributed by atoms with Crippen molar-refractivity contribution in [3.8, 4) is 0 Å². The summed E-state index contributed by atoms with van der Waals surface area (Å²) < 4.78 is 5.56. The van der Waals surface area contributed by atoms with Gasteiger partial charge in [0.05, 0.1) is 11.1 Å². The average Bonchev–Trinajstić information content (AvgIpc) is 2.98. The van der Waals surface area contributed by atoms with Gasteiger partial charge in [-0.25, -0.2) is 9.78 Å². The van der Waals surface area contributed by atoms with E-state index in [0.29, 0.717) is 30.1 Å². The Balaban J connectivity index is 1.40. The van der Waals surface area contributed by atoms with Crippen LogP contribution < -0.4 is 10.6 Å². The standard InChI is InChI=1S/C19H20ClN3O2/c20-17-8-4-7-16(23-17)19(14-10-21-11-15(14)19)12-25-18(24)22-9-13-5-2-1-3-6-13/h1-8,14-15,21H,9-12H2,(H,22,24). The first-order valence-corrected chi connectivity index (χ1v) is 8.86. The number of nitrogens with one attached hydrogen (secondary N) is 2. The highest BCUT2D eigenvalue weighted by molar-refractivity contribution is 6.29. The van der Waals surface area contributed by atoms with Gasteiger partial charge < -0.3 is 15.4 Å². The minimum Gasteiger partial charge on any atom is -0.449 e. The number of aromatic nitrogens is 1. The Bertz CT molecular complexity index is 758. The molecule has 0 bridgehead atoms. The first-order valence-electron chi connectivity index (χ1n) is 8.48. The van der Waals surface area contributed by atoms with Gasteiger partial charge >= 0.3 is 6.09 Å². The summed E-state index contributed by atoms with van der Waals surface area (Å²) in [6.45, 7) is 2.64. The third-order valence-corrected chi connectivity index (χ3v) is 5.55. The molecule has 2 unspecified atom stereocenters. The van der Waals surface area contributed by atoms with E-state index in [1.54, 1.807) is 6.07 Å². The van der Waals surface area contributed by atoms with Gasteiger partial charge in [0.25, 0.3) is 0 Å². The van der Waals surface area contributed by atoms with E-state index in [-0.39, 0.29) is 5.41 Å². The molecule has 25 heavy (non-hydrogen) atoms. The highest BCUT2D eigenvalue weighted by atomic mass is 35.5. The summed E-state index contributed by atoms with van der Waals surface area (Å²) in [6.07, 6.45) is -0.400. The lowest BCUT2D eigenvalue weighted by molar-refractivity contribution is 0.127. The zero-order chi connectivity index (χ0) is 17.3. The summed E-state index contributed by atoms with van der Waals surface area (Å²) in [5, 5.41) is 6.66. The van der Waals surface area contributed by atoms with Crippen LogP contribution >= 0.6 is 11.6 Å². The number of alkyl carbamates (subject to hydrolysis) is 1. The number of nitrogens with zero attached hydrogens (tertiary/aromatic N) is 1. The second kappa shape index (κ2) is 6.65. The quantitative estimate of drug-likeness (QED) is 0.808. The van der Waals surface area contributed by atoms with Gasteiger partial charge in [0.2, 0.25) is 0 Å². The molecule has 1 saturated heterocycles. The fourth-order valence-corrected chi connectivity index (χ4v) is 4.15. The van der Waals surface area contributed by atoms with E-state index in [9.17, 15) is 4.79 Å². The maximum Gasteiger partial charge on any atom is 0.407 e. The van der Waals surface area contributed by atoms with E-state index in [2.05, 4.69) is 15.6 Å². The molecule has 1 aromatic heterocycles. The highest BCUT2D eigenvalue weighted by Gasteiger charge is 2.68. The molecule has 1 aromatic carbocycles. The van der Waals surface area contributed by atoms with E-state index < -0.39 is 6.09 Å². The summed E-state index contributed by atoms with van der Waals surface area (Å²) in [6, 6.07) is 15.4. The molecule has 4 rings (SSSR count). The molecule has 6 heteroatoms. The molecule has 2 heterocycles. The monoisotopic (exact) mass is 357 g/mol. The van der Waals surface area contributed by atoms with E-state index in [0.717, 1.165) is 24.3 Å². The predicted octanol–water partition coefficient (Wildman–Crippen LogP) is 2.75. The first-order chi connectivity index (χ1) is 12.2. The van der Waals surface area contributed by atoms with Crippen LogP contribution in [0.1, 0.15) is 11.3 Å². The predicted molar refractivity (Wildman–Crippen MR) is 95.4 cm³/mol. The van der Waals surface area contributed by atoms with Crippen molar-refractivity contribution in [2.45, 2.75) is 12.0 Å². The molecule has 2 N–H and O–H groups in total. The molecule has 1 amide bonds. The van der Waals surface area contributed by atoms with Crippen LogP contribution in [0.2, 0.25) is 5.15 Å². The molecule has 1 aliphatic heterocycles. The normalized spacial score (nSPS) is 26.8. The fraction of sp³-hybridized carbons (Fsp3) is 0.368. The molecule has 2 fully saturated rings. The summed E-state index contributed by atoms with van der Waals surface area (Å²) >= 11 is 6.07. The number of fused-ring (bicyclic) bond motifs is 1. The van der Waals surface area contributed by atoms with Crippen molar-refractivity contribution in [2.75, 3.05) is 19.7 Å². The Morgan fingerprint density at radius 1 is 1.20 bits per heavy atom. The van der Waals surface area contributed by atoms with Gasteiger partial charge in [-0.1, -0.05) is 48.0 Å². The minimum absolute atomic E-state index is 0.208. The van der Waals surface area contributed by atoms with E-state index in [1.165, 1.54) is 0 Å². The fourth-order valence-electron chi connectivity index (χ4n) is 3.99. The van der Waals surface area contributed by atoms with Gasteiger partial charge in [-0.3, -0.25) is 0 Å². The molecular weight excluding hydrogens is 338 g/mol. The molecule has 1 aliphatic carbocycles. The number of carbonyl (C=O) groups is 1. The first kappa shape index (κ1) is 16.4. The molecule has 130 valence electrons. The van der Waals surface area contributed by atoms with Crippen LogP contribution in [0.25, 0.3) is 0 Å². The van der Waals surface area contributed by atoms with Crippen molar-refractivity contribution in [1.82, 2.24) is 15.6 Å². The topological polar surface area (TPSA) is 63.2 Å². The summed E-state index contributed by atoms with van der Waals surface area (Å²) in [5.74, 6) is 0.890. The molecule has 5 nitrogen and oxygen atoms in total. The molecule has 2 aromatic rings. The van der Waals surface area contributed by atoms with Gasteiger partial charge in [0.15, 0.2) is 0 Å². The van der Waals surface area contributed by atoms with Crippen molar-refractivity contribution in [2.24, 2.45) is 11.8 Å². The number of amides is 1. The number of rotatable bonds is 5. The number of halogens is 1. The van der Waals surface area contributed by atoms with Crippen LogP contribution in [0.5, 0.6) is 0 Å². The molecular formula is C19H20ClN3O2. The molecule has 2 aliphatic rings. The van der Waals surface area contributed by atoms with Crippen molar-refractivity contribution < 1.29 is 9.53 Å². The second-order valence-corrected chi connectivity index (χ2v) is 7.06. The third kappa shape index (κ3) is 3.10. The van der Waals surface area contributed by atoms with E-state index in [4.69, 9.17) is 16.3 Å². The van der Waals surface area contributed by atoms with Crippen LogP contribution in [0.15, 0.2) is 48.5 Å². The van der Waals surface area contributed by atoms with Crippen molar-refractivity contribution in [1.29, 1.82) is 0 Å². The van der Waals surface area contributed by atoms with Crippen molar-refractivity contribution in [3.05, 3.63) is 64.9 Å². The Kier molecular flexibility index (Phi) is 4.36. The summed E-state index contributed by atoms with van der Waals surface area (Å²) in [4.78, 5) is 16.6. The van der Waals surface area contributed by atoms with E-state index in [1.807, 2.05) is 42.5 Å². The number of benzene rings is 1. The lowest BCUT2D eigenvalue weighted by Gasteiger charge is -2.21. The lowest BCUT2D eigenvalue weighted by atomic mass is 9.96. The van der Waals surface area contributed by atoms with E-state index >= 15 is 0 Å². The zero-order valence-electron chi connectivity index (χ0n) is 13.7. The number of carbonyl (C=O) groups excluding carboxylic acids is 1. The van der Waals surface area contributed by atoms with Crippen LogP contribution in [-0.2, 0) is 16.7 Å². The van der Waals surface area contributed by atoms with Crippen molar-refractivity contribution >= 4 is 17.7 Å². The minimum atomic E-state index is -0.400. The third-order valence-electron chi connectivity index (χ3n) is 5.34.